The minimum atomic E-state index is -1.10. The molecule has 1 saturated heterocycles. The minimum absolute atomic E-state index is 0.0273. The molecule has 0 bridgehead atoms. The minimum Gasteiger partial charge on any atom is -0.493 e. The fraction of sp³-hybridized carbons (Fsp3) is 0.457. The lowest BCUT2D eigenvalue weighted by Crippen LogP contribution is -2.51. The van der Waals surface area contributed by atoms with Gasteiger partial charge in [-0.05, 0) is 42.5 Å². The number of Topliss-reactive ketones (excluding diaryl/α,β-unsaturated/α-hetero) is 1. The summed E-state index contributed by atoms with van der Waals surface area (Å²) >= 11 is 0. The van der Waals surface area contributed by atoms with E-state index in [-0.39, 0.29) is 24.8 Å². The molecule has 2 unspecified atom stereocenters. The highest BCUT2D eigenvalue weighted by atomic mass is 16.5. The summed E-state index contributed by atoms with van der Waals surface area (Å²) in [5.74, 6) is -3.97. The van der Waals surface area contributed by atoms with Crippen LogP contribution in [-0.2, 0) is 44.7 Å². The zero-order valence-corrected chi connectivity index (χ0v) is 28.9. The number of nitrogens with one attached hydrogen (secondary N) is 4. The predicted octanol–water partition coefficient (Wildman–Crippen LogP) is -0.193. The average Bonchev–Trinajstić information content (AvgIpc) is 3.61. The molecule has 0 radical (unpaired) electrons. The number of likely N-dealkylation sites (N-methyl/N-ethyl adjacent to an activating group) is 1. The maximum absolute atomic E-state index is 12.9. The lowest BCUT2D eigenvalue weighted by atomic mass is 10.1. The molecular formula is C35H46N6O9. The Labute approximate surface area is 291 Å². The molecule has 0 aliphatic carbocycles. The smallest absolute Gasteiger partial charge is 0.289 e. The van der Waals surface area contributed by atoms with Gasteiger partial charge in [0.25, 0.3) is 5.91 Å². The molecule has 0 aromatic heterocycles. The van der Waals surface area contributed by atoms with Crippen LogP contribution in [0.4, 0.5) is 0 Å². The van der Waals surface area contributed by atoms with Crippen LogP contribution in [0.3, 0.4) is 0 Å². The molecule has 50 heavy (non-hydrogen) atoms. The van der Waals surface area contributed by atoms with Crippen molar-refractivity contribution in [1.29, 1.82) is 0 Å². The number of hydrogen-bond acceptors (Lipinski definition) is 9. The van der Waals surface area contributed by atoms with Crippen molar-refractivity contribution in [2.24, 2.45) is 0 Å². The maximum Gasteiger partial charge on any atom is 0.289 e. The molecular weight excluding hydrogens is 648 g/mol. The molecule has 0 saturated carbocycles. The van der Waals surface area contributed by atoms with Crippen LogP contribution in [0.15, 0.2) is 48.5 Å². The number of benzene rings is 2. The van der Waals surface area contributed by atoms with Gasteiger partial charge in [-0.15, -0.1) is 0 Å². The Kier molecular flexibility index (Phi) is 15.4. The highest BCUT2D eigenvalue weighted by Gasteiger charge is 2.34. The van der Waals surface area contributed by atoms with Crippen LogP contribution in [0.2, 0.25) is 0 Å². The van der Waals surface area contributed by atoms with E-state index < -0.39 is 54.6 Å². The number of ketones is 1. The van der Waals surface area contributed by atoms with Gasteiger partial charge in [0.1, 0.15) is 17.8 Å². The monoisotopic (exact) mass is 694 g/mol. The van der Waals surface area contributed by atoms with Gasteiger partial charge in [-0.25, -0.2) is 0 Å². The number of aryl methyl sites for hydroxylation is 1. The molecule has 15 heteroatoms. The molecule has 15 nitrogen and oxygen atoms in total. The van der Waals surface area contributed by atoms with E-state index in [2.05, 4.69) is 21.3 Å². The van der Waals surface area contributed by atoms with E-state index in [1.165, 1.54) is 9.80 Å². The first-order valence-electron chi connectivity index (χ1n) is 16.3. The number of nitrogens with zero attached hydrogens (tertiary/aromatic N) is 2. The summed E-state index contributed by atoms with van der Waals surface area (Å²) in [4.78, 5) is 91.0. The van der Waals surface area contributed by atoms with Gasteiger partial charge >= 0.3 is 0 Å². The SMILES string of the molecule is COCCCOc1cc(CC(=O)NCC(=O)N2CCCC2C(=O)NCC(=O)C(=O)NCC(=O)NC(C(=O)N(C)C)c2ccccc2)ccc1C. The predicted molar refractivity (Wildman–Crippen MR) is 182 cm³/mol. The van der Waals surface area contributed by atoms with Gasteiger partial charge in [-0.3, -0.25) is 33.6 Å². The molecule has 2 atom stereocenters. The molecule has 2 aromatic carbocycles. The highest BCUT2D eigenvalue weighted by Crippen LogP contribution is 2.21. The van der Waals surface area contributed by atoms with Crippen molar-refractivity contribution in [3.8, 4) is 5.75 Å². The first-order valence-corrected chi connectivity index (χ1v) is 16.3. The van der Waals surface area contributed by atoms with Gasteiger partial charge in [0.2, 0.25) is 35.3 Å². The zero-order valence-electron chi connectivity index (χ0n) is 28.9. The van der Waals surface area contributed by atoms with Crippen LogP contribution in [0.5, 0.6) is 5.75 Å². The van der Waals surface area contributed by atoms with E-state index in [1.54, 1.807) is 57.6 Å². The van der Waals surface area contributed by atoms with Crippen LogP contribution in [-0.4, -0.2) is 118 Å². The molecule has 1 fully saturated rings. The third kappa shape index (κ3) is 12.0. The molecule has 1 heterocycles. The fourth-order valence-corrected chi connectivity index (χ4v) is 5.18. The van der Waals surface area contributed by atoms with Gasteiger partial charge in [0.05, 0.1) is 32.7 Å². The van der Waals surface area contributed by atoms with Crippen LogP contribution >= 0.6 is 0 Å². The number of carbonyl (C=O) groups excluding carboxylic acids is 7. The van der Waals surface area contributed by atoms with E-state index >= 15 is 0 Å². The first kappa shape index (κ1) is 39.1. The lowest BCUT2D eigenvalue weighted by molar-refractivity contribution is -0.140. The number of ether oxygens (including phenoxy) is 2. The Hall–Kier alpha value is -5.31. The van der Waals surface area contributed by atoms with Crippen LogP contribution < -0.4 is 26.0 Å². The van der Waals surface area contributed by atoms with Gasteiger partial charge in [-0.2, -0.15) is 0 Å². The van der Waals surface area contributed by atoms with Crippen molar-refractivity contribution in [2.75, 3.05) is 60.6 Å². The van der Waals surface area contributed by atoms with E-state index in [4.69, 9.17) is 9.47 Å². The van der Waals surface area contributed by atoms with E-state index in [0.717, 1.165) is 12.0 Å². The molecule has 2 aromatic rings. The standard InChI is InChI=1S/C35H46N6O9/c1-23-13-14-24(18-28(23)50-17-9-16-49-4)19-29(43)36-22-31(45)41-15-8-12-26(41)33(46)37-20-27(42)34(47)38-21-30(44)39-32(35(48)40(2)3)25-10-6-5-7-11-25/h5-7,10-11,13-14,18,26,32H,8-9,12,15-17,19-22H2,1-4H3,(H,36,43)(H,37,46)(H,38,47)(H,39,44). The van der Waals surface area contributed by atoms with E-state index in [9.17, 15) is 33.6 Å². The van der Waals surface area contributed by atoms with Crippen LogP contribution in [0.1, 0.15) is 42.0 Å². The van der Waals surface area contributed by atoms with E-state index in [0.29, 0.717) is 49.5 Å². The third-order valence-corrected chi connectivity index (χ3v) is 7.89. The fourth-order valence-electron chi connectivity index (χ4n) is 5.18. The largest absolute Gasteiger partial charge is 0.493 e. The number of methoxy groups -OCH3 is 1. The number of amides is 6. The molecule has 0 spiro atoms. The Bertz CT molecular complexity index is 1530. The number of carbonyl (C=O) groups is 7. The summed E-state index contributed by atoms with van der Waals surface area (Å²) in [5.41, 5.74) is 2.19. The van der Waals surface area contributed by atoms with Gasteiger partial charge in [0.15, 0.2) is 0 Å². The van der Waals surface area contributed by atoms with Crippen LogP contribution in [0, 0.1) is 6.92 Å². The van der Waals surface area contributed by atoms with Crippen molar-refractivity contribution in [1.82, 2.24) is 31.1 Å². The highest BCUT2D eigenvalue weighted by molar-refractivity contribution is 6.37. The van der Waals surface area contributed by atoms with Crippen molar-refractivity contribution in [2.45, 2.75) is 44.7 Å². The topological polar surface area (TPSA) is 193 Å². The Balaban J connectivity index is 1.42. The lowest BCUT2D eigenvalue weighted by Gasteiger charge is -2.24. The molecule has 1 aliphatic heterocycles. The number of likely N-dealkylation sites (tertiary alicyclic amines) is 1. The summed E-state index contributed by atoms with van der Waals surface area (Å²) in [7, 11) is 4.71. The summed E-state index contributed by atoms with van der Waals surface area (Å²) in [6, 6.07) is 12.1. The second-order valence-electron chi connectivity index (χ2n) is 12.0. The summed E-state index contributed by atoms with van der Waals surface area (Å²) in [6.45, 7) is 1.70. The van der Waals surface area contributed by atoms with Crippen molar-refractivity contribution >= 4 is 41.2 Å². The molecule has 1 aliphatic rings. The Morgan fingerprint density at radius 2 is 1.64 bits per heavy atom. The maximum atomic E-state index is 12.9. The van der Waals surface area contributed by atoms with E-state index in [1.807, 2.05) is 19.1 Å². The van der Waals surface area contributed by atoms with Gasteiger partial charge < -0.3 is 40.5 Å². The van der Waals surface area contributed by atoms with Crippen molar-refractivity contribution in [3.05, 3.63) is 65.2 Å². The van der Waals surface area contributed by atoms with Crippen molar-refractivity contribution < 1.29 is 43.0 Å². The van der Waals surface area contributed by atoms with Crippen LogP contribution in [0.25, 0.3) is 0 Å². The summed E-state index contributed by atoms with van der Waals surface area (Å²) < 4.78 is 10.8. The van der Waals surface area contributed by atoms with Crippen molar-refractivity contribution in [3.63, 3.8) is 0 Å². The Morgan fingerprint density at radius 1 is 0.900 bits per heavy atom. The Morgan fingerprint density at radius 3 is 2.34 bits per heavy atom. The second-order valence-corrected chi connectivity index (χ2v) is 12.0. The number of rotatable bonds is 18. The molecule has 4 N–H and O–H groups in total. The van der Waals surface area contributed by atoms with Gasteiger partial charge in [0, 0.05) is 40.8 Å². The first-order chi connectivity index (χ1) is 23.9. The molecule has 270 valence electrons. The second kappa shape index (κ2) is 19.6. The quantitative estimate of drug-likeness (QED) is 0.121. The normalized spacial score (nSPS) is 14.2. The number of hydrogen-bond donors (Lipinski definition) is 4. The molecule has 6 amide bonds. The van der Waals surface area contributed by atoms with Gasteiger partial charge in [-0.1, -0.05) is 42.5 Å². The summed E-state index contributed by atoms with van der Waals surface area (Å²) in [5, 5.41) is 9.74. The zero-order chi connectivity index (χ0) is 36.6. The summed E-state index contributed by atoms with van der Waals surface area (Å²) in [6.07, 6.45) is 1.64. The molecule has 3 rings (SSSR count). The third-order valence-electron chi connectivity index (χ3n) is 7.89. The average molecular weight is 695 g/mol.